The Morgan fingerprint density at radius 3 is 1.12 bits per heavy atom. The summed E-state index contributed by atoms with van der Waals surface area (Å²) in [6, 6.07) is 0. The predicted octanol–water partition coefficient (Wildman–Crippen LogP) is -0.692. The molecule has 0 saturated heterocycles. The van der Waals surface area contributed by atoms with E-state index in [2.05, 4.69) is 0 Å². The van der Waals surface area contributed by atoms with Gasteiger partial charge in [0.25, 0.3) is 0 Å². The van der Waals surface area contributed by atoms with Crippen molar-refractivity contribution in [2.24, 2.45) is 23.7 Å². The molecular formula is C9H10O7. The molecule has 1 aliphatic carbocycles. The van der Waals surface area contributed by atoms with Crippen LogP contribution in [0.3, 0.4) is 0 Å². The smallest absolute Gasteiger partial charge is 0.308 e. The highest BCUT2D eigenvalue weighted by atomic mass is 16.4. The van der Waals surface area contributed by atoms with Crippen molar-refractivity contribution in [3.8, 4) is 0 Å². The summed E-state index contributed by atoms with van der Waals surface area (Å²) in [5, 5.41) is 26.3. The number of carboxylic acid groups (broad SMARTS) is 3. The van der Waals surface area contributed by atoms with Gasteiger partial charge in [0.1, 0.15) is 5.78 Å². The Bertz CT molecular complexity index is 292. The fraction of sp³-hybridized carbons (Fsp3) is 0.556. The van der Waals surface area contributed by atoms with E-state index >= 15 is 0 Å². The lowest BCUT2D eigenvalue weighted by atomic mass is 9.55. The van der Waals surface area contributed by atoms with Crippen LogP contribution in [0.2, 0.25) is 0 Å². The lowest BCUT2D eigenvalue weighted by molar-refractivity contribution is -0.186. The van der Waals surface area contributed by atoms with Gasteiger partial charge < -0.3 is 15.3 Å². The SMILES string of the molecule is CC(=O)C1C(C(=O)O)C(C(=O)O)C1C(=O)O. The molecule has 0 heterocycles. The van der Waals surface area contributed by atoms with Crippen LogP contribution in [0.4, 0.5) is 0 Å². The molecule has 1 rings (SSSR count). The zero-order valence-corrected chi connectivity index (χ0v) is 8.28. The normalized spacial score (nSPS) is 32.6. The number of aliphatic carboxylic acids is 3. The van der Waals surface area contributed by atoms with Crippen molar-refractivity contribution in [1.82, 2.24) is 0 Å². The zero-order valence-electron chi connectivity index (χ0n) is 8.28. The number of rotatable bonds is 4. The van der Waals surface area contributed by atoms with E-state index in [4.69, 9.17) is 15.3 Å². The molecule has 0 amide bonds. The number of ketones is 1. The number of hydrogen-bond donors (Lipinski definition) is 3. The molecule has 2 atom stereocenters. The Balaban J connectivity index is 3.08. The number of carbonyl (C=O) groups is 4. The molecule has 0 bridgehead atoms. The molecule has 0 aromatic heterocycles. The minimum absolute atomic E-state index is 0.614. The Morgan fingerprint density at radius 1 is 0.688 bits per heavy atom. The first-order chi connectivity index (χ1) is 7.29. The summed E-state index contributed by atoms with van der Waals surface area (Å²) < 4.78 is 0. The molecule has 0 aromatic rings. The number of carboxylic acids is 3. The van der Waals surface area contributed by atoms with Crippen LogP contribution in [-0.2, 0) is 19.2 Å². The first kappa shape index (κ1) is 12.2. The molecule has 88 valence electrons. The molecule has 1 fully saturated rings. The lowest BCUT2D eigenvalue weighted by Crippen LogP contribution is -2.59. The molecule has 3 N–H and O–H groups in total. The van der Waals surface area contributed by atoms with Crippen LogP contribution < -0.4 is 0 Å². The van der Waals surface area contributed by atoms with Crippen LogP contribution in [0.1, 0.15) is 6.92 Å². The zero-order chi connectivity index (χ0) is 12.6. The molecule has 1 saturated carbocycles. The molecule has 7 nitrogen and oxygen atoms in total. The van der Waals surface area contributed by atoms with E-state index in [1.807, 2.05) is 0 Å². The van der Waals surface area contributed by atoms with E-state index in [9.17, 15) is 19.2 Å². The van der Waals surface area contributed by atoms with Crippen LogP contribution in [0.25, 0.3) is 0 Å². The molecule has 1 aliphatic rings. The quantitative estimate of drug-likeness (QED) is 0.582. The average Bonchev–Trinajstić information content (AvgIpc) is 1.97. The van der Waals surface area contributed by atoms with Crippen molar-refractivity contribution in [2.45, 2.75) is 6.92 Å². The monoisotopic (exact) mass is 230 g/mol. The highest BCUT2D eigenvalue weighted by molar-refractivity contribution is 5.97. The number of carbonyl (C=O) groups excluding carboxylic acids is 1. The molecule has 7 heteroatoms. The van der Waals surface area contributed by atoms with E-state index in [0.29, 0.717) is 0 Å². The third-order valence-corrected chi connectivity index (χ3v) is 2.87. The van der Waals surface area contributed by atoms with Gasteiger partial charge in [-0.1, -0.05) is 0 Å². The second kappa shape index (κ2) is 3.92. The van der Waals surface area contributed by atoms with Gasteiger partial charge in [0, 0.05) is 5.92 Å². The van der Waals surface area contributed by atoms with Gasteiger partial charge in [0.2, 0.25) is 0 Å². The van der Waals surface area contributed by atoms with Crippen molar-refractivity contribution >= 4 is 23.7 Å². The fourth-order valence-electron chi connectivity index (χ4n) is 2.18. The third kappa shape index (κ3) is 1.64. The maximum Gasteiger partial charge on any atom is 0.308 e. The second-order valence-corrected chi connectivity index (χ2v) is 3.73. The maximum atomic E-state index is 11.1. The standard InChI is InChI=1S/C9H10O7/c1-2(10)3-4(7(11)12)6(9(15)16)5(3)8(13)14/h3-6H,1H3,(H,11,12)(H,13,14)(H,15,16). The van der Waals surface area contributed by atoms with Gasteiger partial charge in [-0.15, -0.1) is 0 Å². The van der Waals surface area contributed by atoms with E-state index in [1.54, 1.807) is 0 Å². The molecule has 0 aliphatic heterocycles. The summed E-state index contributed by atoms with van der Waals surface area (Å²) in [5.41, 5.74) is 0. The molecular weight excluding hydrogens is 220 g/mol. The van der Waals surface area contributed by atoms with E-state index < -0.39 is 47.4 Å². The highest BCUT2D eigenvalue weighted by Gasteiger charge is 2.62. The average molecular weight is 230 g/mol. The van der Waals surface area contributed by atoms with Crippen LogP contribution in [-0.4, -0.2) is 39.0 Å². The highest BCUT2D eigenvalue weighted by Crippen LogP contribution is 2.47. The topological polar surface area (TPSA) is 129 Å². The van der Waals surface area contributed by atoms with Crippen molar-refractivity contribution in [3.63, 3.8) is 0 Å². The van der Waals surface area contributed by atoms with E-state index in [0.717, 1.165) is 6.92 Å². The van der Waals surface area contributed by atoms with Gasteiger partial charge in [-0.2, -0.15) is 0 Å². The summed E-state index contributed by atoms with van der Waals surface area (Å²) >= 11 is 0. The van der Waals surface area contributed by atoms with Crippen LogP contribution in [0, 0.1) is 23.7 Å². The van der Waals surface area contributed by atoms with E-state index in [1.165, 1.54) is 0 Å². The summed E-state index contributed by atoms with van der Waals surface area (Å²) in [4.78, 5) is 43.4. The summed E-state index contributed by atoms with van der Waals surface area (Å²) in [5.74, 6) is -10.7. The van der Waals surface area contributed by atoms with Gasteiger partial charge in [0.05, 0.1) is 17.8 Å². The van der Waals surface area contributed by atoms with Crippen molar-refractivity contribution in [1.29, 1.82) is 0 Å². The fourth-order valence-corrected chi connectivity index (χ4v) is 2.18. The Kier molecular flexibility index (Phi) is 2.97. The Hall–Kier alpha value is -1.92. The third-order valence-electron chi connectivity index (χ3n) is 2.87. The van der Waals surface area contributed by atoms with Gasteiger partial charge >= 0.3 is 17.9 Å². The maximum absolute atomic E-state index is 11.1. The molecule has 16 heavy (non-hydrogen) atoms. The minimum Gasteiger partial charge on any atom is -0.481 e. The lowest BCUT2D eigenvalue weighted by Gasteiger charge is -2.43. The first-order valence-electron chi connectivity index (χ1n) is 4.48. The summed E-state index contributed by atoms with van der Waals surface area (Å²) in [6.07, 6.45) is 0. The number of hydrogen-bond acceptors (Lipinski definition) is 4. The van der Waals surface area contributed by atoms with Crippen molar-refractivity contribution < 1.29 is 34.5 Å². The molecule has 2 unspecified atom stereocenters. The minimum atomic E-state index is -1.54. The summed E-state index contributed by atoms with van der Waals surface area (Å²) in [7, 11) is 0. The number of Topliss-reactive ketones (excluding diaryl/α,β-unsaturated/α-hetero) is 1. The second-order valence-electron chi connectivity index (χ2n) is 3.73. The molecule has 0 radical (unpaired) electrons. The first-order valence-corrected chi connectivity index (χ1v) is 4.48. The van der Waals surface area contributed by atoms with Crippen LogP contribution in [0.5, 0.6) is 0 Å². The van der Waals surface area contributed by atoms with Gasteiger partial charge in [-0.05, 0) is 6.92 Å². The largest absolute Gasteiger partial charge is 0.481 e. The van der Waals surface area contributed by atoms with E-state index in [-0.39, 0.29) is 0 Å². The molecule has 0 spiro atoms. The molecule has 0 aromatic carbocycles. The van der Waals surface area contributed by atoms with Crippen molar-refractivity contribution in [2.75, 3.05) is 0 Å². The predicted molar refractivity (Wildman–Crippen MR) is 47.5 cm³/mol. The Labute approximate surface area is 89.7 Å². The van der Waals surface area contributed by atoms with Crippen molar-refractivity contribution in [3.05, 3.63) is 0 Å². The van der Waals surface area contributed by atoms with Gasteiger partial charge in [-0.25, -0.2) is 0 Å². The Morgan fingerprint density at radius 2 is 0.938 bits per heavy atom. The van der Waals surface area contributed by atoms with Gasteiger partial charge in [-0.3, -0.25) is 19.2 Å². The van der Waals surface area contributed by atoms with Crippen LogP contribution >= 0.6 is 0 Å². The van der Waals surface area contributed by atoms with Gasteiger partial charge in [0.15, 0.2) is 0 Å². The van der Waals surface area contributed by atoms with Crippen LogP contribution in [0.15, 0.2) is 0 Å². The summed E-state index contributed by atoms with van der Waals surface area (Å²) in [6.45, 7) is 1.06.